The highest BCUT2D eigenvalue weighted by atomic mass is 14.4. The summed E-state index contributed by atoms with van der Waals surface area (Å²) < 4.78 is 0. The molecule has 0 amide bonds. The van der Waals surface area contributed by atoms with Crippen molar-refractivity contribution < 1.29 is 0 Å². The average molecular weight is 138 g/mol. The molecule has 0 radical (unpaired) electrons. The van der Waals surface area contributed by atoms with E-state index in [0.717, 1.165) is 23.7 Å². The minimum atomic E-state index is 1.06. The van der Waals surface area contributed by atoms with Crippen LogP contribution in [0.1, 0.15) is 39.5 Å². The predicted molar refractivity (Wildman–Crippen MR) is 43.8 cm³/mol. The van der Waals surface area contributed by atoms with Gasteiger partial charge < -0.3 is 0 Å². The first-order valence-electron chi connectivity index (χ1n) is 4.77. The van der Waals surface area contributed by atoms with Crippen LogP contribution >= 0.6 is 0 Å². The fourth-order valence-electron chi connectivity index (χ4n) is 2.20. The van der Waals surface area contributed by atoms with Crippen LogP contribution in [0.2, 0.25) is 0 Å². The van der Waals surface area contributed by atoms with Crippen molar-refractivity contribution in [1.82, 2.24) is 0 Å². The van der Waals surface area contributed by atoms with E-state index in [1.165, 1.54) is 19.3 Å². The van der Waals surface area contributed by atoms with Crippen LogP contribution in [0, 0.1) is 23.7 Å². The summed E-state index contributed by atoms with van der Waals surface area (Å²) in [6.45, 7) is 4.81. The van der Waals surface area contributed by atoms with E-state index >= 15 is 0 Å². The van der Waals surface area contributed by atoms with Crippen molar-refractivity contribution in [2.45, 2.75) is 39.5 Å². The lowest BCUT2D eigenvalue weighted by Gasteiger charge is -2.34. The molecule has 0 heterocycles. The van der Waals surface area contributed by atoms with Gasteiger partial charge in [-0.2, -0.15) is 0 Å². The van der Waals surface area contributed by atoms with Gasteiger partial charge in [0.15, 0.2) is 0 Å². The molecule has 0 N–H and O–H groups in total. The zero-order valence-corrected chi connectivity index (χ0v) is 7.14. The maximum absolute atomic E-state index is 2.42. The van der Waals surface area contributed by atoms with Gasteiger partial charge >= 0.3 is 0 Å². The van der Waals surface area contributed by atoms with Gasteiger partial charge in [-0.15, -0.1) is 0 Å². The molecule has 0 heteroatoms. The highest BCUT2D eigenvalue weighted by Crippen LogP contribution is 2.48. The van der Waals surface area contributed by atoms with Crippen LogP contribution in [0.5, 0.6) is 0 Å². The first kappa shape index (κ1) is 6.69. The highest BCUT2D eigenvalue weighted by Gasteiger charge is 2.38. The summed E-state index contributed by atoms with van der Waals surface area (Å²) in [4.78, 5) is 0. The Labute approximate surface area is 64.0 Å². The topological polar surface area (TPSA) is 0 Å². The molecule has 0 aromatic heterocycles. The van der Waals surface area contributed by atoms with E-state index in [9.17, 15) is 0 Å². The van der Waals surface area contributed by atoms with Crippen LogP contribution in [0.4, 0.5) is 0 Å². The second kappa shape index (κ2) is 2.25. The predicted octanol–water partition coefficient (Wildman–Crippen LogP) is 3.08. The van der Waals surface area contributed by atoms with Crippen LogP contribution in [0.25, 0.3) is 0 Å². The van der Waals surface area contributed by atoms with Gasteiger partial charge in [0.2, 0.25) is 0 Å². The molecule has 2 rings (SSSR count). The van der Waals surface area contributed by atoms with Gasteiger partial charge in [0.05, 0.1) is 0 Å². The Kier molecular flexibility index (Phi) is 1.51. The molecule has 0 bridgehead atoms. The van der Waals surface area contributed by atoms with Gasteiger partial charge in [-0.1, -0.05) is 20.3 Å². The Morgan fingerprint density at radius 3 is 2.00 bits per heavy atom. The SMILES string of the molecule is CC1CCC1CC1CC1C. The quantitative estimate of drug-likeness (QED) is 0.550. The third kappa shape index (κ3) is 1.09. The Hall–Kier alpha value is 0. The van der Waals surface area contributed by atoms with E-state index in [-0.39, 0.29) is 0 Å². The van der Waals surface area contributed by atoms with E-state index in [1.54, 1.807) is 6.42 Å². The van der Waals surface area contributed by atoms with Crippen molar-refractivity contribution in [2.24, 2.45) is 23.7 Å². The molecule has 0 aromatic carbocycles. The maximum Gasteiger partial charge on any atom is -0.0383 e. The summed E-state index contributed by atoms with van der Waals surface area (Å²) in [7, 11) is 0. The van der Waals surface area contributed by atoms with Gasteiger partial charge in [0, 0.05) is 0 Å². The molecule has 2 fully saturated rings. The molecule has 0 aromatic rings. The third-order valence-corrected chi connectivity index (χ3v) is 3.68. The van der Waals surface area contributed by atoms with Gasteiger partial charge in [-0.3, -0.25) is 0 Å². The molecular weight excluding hydrogens is 120 g/mol. The van der Waals surface area contributed by atoms with Crippen LogP contribution in [0.3, 0.4) is 0 Å². The Morgan fingerprint density at radius 1 is 1.00 bits per heavy atom. The first-order chi connectivity index (χ1) is 4.77. The third-order valence-electron chi connectivity index (χ3n) is 3.68. The molecule has 58 valence electrons. The van der Waals surface area contributed by atoms with E-state index in [0.29, 0.717) is 0 Å². The second-order valence-corrected chi connectivity index (χ2v) is 4.52. The van der Waals surface area contributed by atoms with Crippen LogP contribution < -0.4 is 0 Å². The minimum absolute atomic E-state index is 1.06. The standard InChI is InChI=1S/C10H18/c1-7-3-4-9(7)6-10-5-8(10)2/h7-10H,3-6H2,1-2H3. The second-order valence-electron chi connectivity index (χ2n) is 4.52. The molecule has 0 saturated heterocycles. The summed E-state index contributed by atoms with van der Waals surface area (Å²) in [5, 5.41) is 0. The molecule has 0 nitrogen and oxygen atoms in total. The Bertz CT molecular complexity index is 128. The van der Waals surface area contributed by atoms with Crippen LogP contribution in [-0.2, 0) is 0 Å². The summed E-state index contributed by atoms with van der Waals surface area (Å²) in [5.41, 5.74) is 0. The number of hydrogen-bond acceptors (Lipinski definition) is 0. The molecule has 2 saturated carbocycles. The molecule has 2 aliphatic rings. The van der Waals surface area contributed by atoms with Crippen molar-refractivity contribution in [3.8, 4) is 0 Å². The maximum atomic E-state index is 2.42. The van der Waals surface area contributed by atoms with Crippen molar-refractivity contribution in [3.63, 3.8) is 0 Å². The minimum Gasteiger partial charge on any atom is -0.0622 e. The van der Waals surface area contributed by atoms with Gasteiger partial charge in [0.25, 0.3) is 0 Å². The van der Waals surface area contributed by atoms with E-state index < -0.39 is 0 Å². The zero-order chi connectivity index (χ0) is 7.14. The lowest BCUT2D eigenvalue weighted by molar-refractivity contribution is 0.173. The number of rotatable bonds is 2. The monoisotopic (exact) mass is 138 g/mol. The lowest BCUT2D eigenvalue weighted by atomic mass is 9.72. The zero-order valence-electron chi connectivity index (χ0n) is 7.14. The van der Waals surface area contributed by atoms with Crippen molar-refractivity contribution in [3.05, 3.63) is 0 Å². The highest BCUT2D eigenvalue weighted by molar-refractivity contribution is 4.88. The molecule has 0 aliphatic heterocycles. The smallest absolute Gasteiger partial charge is 0.0383 e. The Balaban J connectivity index is 1.71. The van der Waals surface area contributed by atoms with Crippen molar-refractivity contribution >= 4 is 0 Å². The molecular formula is C10H18. The summed E-state index contributed by atoms with van der Waals surface area (Å²) in [6.07, 6.45) is 6.13. The molecule has 0 spiro atoms. The molecule has 2 aliphatic carbocycles. The average Bonchev–Trinajstić information content (AvgIpc) is 2.58. The van der Waals surface area contributed by atoms with Crippen molar-refractivity contribution in [1.29, 1.82) is 0 Å². The first-order valence-corrected chi connectivity index (χ1v) is 4.77. The van der Waals surface area contributed by atoms with Crippen LogP contribution in [-0.4, -0.2) is 0 Å². The normalized spacial score (nSPS) is 52.2. The van der Waals surface area contributed by atoms with Gasteiger partial charge in [-0.05, 0) is 42.9 Å². The van der Waals surface area contributed by atoms with Gasteiger partial charge in [0.1, 0.15) is 0 Å². The molecule has 4 atom stereocenters. The summed E-state index contributed by atoms with van der Waals surface area (Å²) in [5.74, 6) is 4.39. The Morgan fingerprint density at radius 2 is 1.70 bits per heavy atom. The molecule has 10 heavy (non-hydrogen) atoms. The largest absolute Gasteiger partial charge is 0.0622 e. The van der Waals surface area contributed by atoms with E-state index in [1.807, 2.05) is 0 Å². The van der Waals surface area contributed by atoms with E-state index in [2.05, 4.69) is 13.8 Å². The summed E-state index contributed by atoms with van der Waals surface area (Å²) >= 11 is 0. The van der Waals surface area contributed by atoms with Crippen molar-refractivity contribution in [2.75, 3.05) is 0 Å². The molecule has 4 unspecified atom stereocenters. The van der Waals surface area contributed by atoms with Crippen LogP contribution in [0.15, 0.2) is 0 Å². The van der Waals surface area contributed by atoms with E-state index in [4.69, 9.17) is 0 Å². The summed E-state index contributed by atoms with van der Waals surface area (Å²) in [6, 6.07) is 0. The fourth-order valence-corrected chi connectivity index (χ4v) is 2.20. The number of hydrogen-bond donors (Lipinski definition) is 0. The lowest BCUT2D eigenvalue weighted by Crippen LogP contribution is -2.23. The van der Waals surface area contributed by atoms with Gasteiger partial charge in [-0.25, -0.2) is 0 Å². The fraction of sp³-hybridized carbons (Fsp3) is 1.00.